The number of hydrogen-bond acceptors (Lipinski definition) is 10. The minimum Gasteiger partial charge on any atom is -0.389 e. The van der Waals surface area contributed by atoms with Crippen molar-refractivity contribution < 1.29 is 13.1 Å². The predicted octanol–water partition coefficient (Wildman–Crippen LogP) is 4.30. The van der Waals surface area contributed by atoms with Gasteiger partial charge in [-0.25, -0.2) is 19.0 Å². The molecule has 214 valence electrons. The average molecular weight is 595 g/mol. The Morgan fingerprint density at radius 1 is 1.32 bits per heavy atom. The van der Waals surface area contributed by atoms with E-state index in [9.17, 15) is 13.9 Å². The highest BCUT2D eigenvalue weighted by Gasteiger charge is 2.49. The van der Waals surface area contributed by atoms with Crippen molar-refractivity contribution in [2.45, 2.75) is 80.6 Å². The predicted molar refractivity (Wildman–Crippen MR) is 154 cm³/mol. The summed E-state index contributed by atoms with van der Waals surface area (Å²) < 4.78 is 35.1. The molecule has 1 fully saturated rings. The van der Waals surface area contributed by atoms with Gasteiger partial charge in [-0.2, -0.15) is 10.4 Å². The quantitative estimate of drug-likeness (QED) is 0.343. The van der Waals surface area contributed by atoms with Crippen LogP contribution in [0.3, 0.4) is 0 Å². The average Bonchev–Trinajstić information content (AvgIpc) is 3.71. The highest BCUT2D eigenvalue weighted by molar-refractivity contribution is 7.84. The minimum atomic E-state index is -1.42. The smallest absolute Gasteiger partial charge is 0.185 e. The molecule has 1 spiro atoms. The summed E-state index contributed by atoms with van der Waals surface area (Å²) in [5.41, 5.74) is 9.40. The molecule has 10 nitrogen and oxygen atoms in total. The highest BCUT2D eigenvalue weighted by atomic mass is 32.2. The SMILES string of the molecule is C[C@@H]([C@@H]1C[C@@H](F)CN1C)n1ncc2c(S(C)=O)nc(-c3noc4c3CCC[C@@]43CCCc4sc(N)c(C#N)c43)nc21. The van der Waals surface area contributed by atoms with E-state index >= 15 is 0 Å². The van der Waals surface area contributed by atoms with E-state index in [4.69, 9.17) is 20.2 Å². The fourth-order valence-electron chi connectivity index (χ4n) is 7.43. The first-order valence-corrected chi connectivity index (χ1v) is 16.3. The van der Waals surface area contributed by atoms with Crippen LogP contribution < -0.4 is 5.73 Å². The molecule has 0 bridgehead atoms. The standard InChI is InChI=1S/C28H31FN8O2S2/c1-14(19-10-15(29)13-36(19)2)37-26-18(12-32-37)27(41(3)38)34-25(33-26)22-16-6-4-8-28(23(16)39-35-22)9-5-7-20-21(28)17(11-30)24(31)40-20/h12,14-15,19H,4-10,13,31H2,1-3H3/t14-,15+,19-,28-,41?/m0/s1. The molecular weight excluding hydrogens is 563 g/mol. The van der Waals surface area contributed by atoms with Gasteiger partial charge in [0.2, 0.25) is 0 Å². The zero-order valence-electron chi connectivity index (χ0n) is 23.2. The number of hydrogen-bond donors (Lipinski definition) is 1. The molecule has 7 rings (SSSR count). The molecule has 0 saturated carbocycles. The minimum absolute atomic E-state index is 0.0466. The van der Waals surface area contributed by atoms with E-state index in [0.29, 0.717) is 51.1 Å². The Morgan fingerprint density at radius 2 is 2.10 bits per heavy atom. The largest absolute Gasteiger partial charge is 0.389 e. The van der Waals surface area contributed by atoms with Crippen LogP contribution in [0.5, 0.6) is 0 Å². The number of halogens is 1. The molecule has 2 N–H and O–H groups in total. The molecule has 1 aliphatic heterocycles. The van der Waals surface area contributed by atoms with Gasteiger partial charge in [-0.15, -0.1) is 11.3 Å². The van der Waals surface area contributed by atoms with Gasteiger partial charge in [-0.05, 0) is 64.5 Å². The first-order valence-electron chi connectivity index (χ1n) is 14.0. The van der Waals surface area contributed by atoms with Crippen LogP contribution in [-0.2, 0) is 29.1 Å². The third-order valence-electron chi connectivity index (χ3n) is 9.25. The van der Waals surface area contributed by atoms with Crippen molar-refractivity contribution >= 4 is 38.2 Å². The number of aromatic nitrogens is 5. The summed E-state index contributed by atoms with van der Waals surface area (Å²) in [7, 11) is 0.507. The molecule has 41 heavy (non-hydrogen) atoms. The zero-order chi connectivity index (χ0) is 28.6. The topological polar surface area (TPSA) is 140 Å². The van der Waals surface area contributed by atoms with Crippen LogP contribution in [0.1, 0.15) is 72.4 Å². The van der Waals surface area contributed by atoms with E-state index in [1.54, 1.807) is 17.1 Å². The summed E-state index contributed by atoms with van der Waals surface area (Å²) >= 11 is 1.51. The third kappa shape index (κ3) is 3.90. The van der Waals surface area contributed by atoms with E-state index in [0.717, 1.165) is 60.3 Å². The Hall–Kier alpha value is -3.21. The zero-order valence-corrected chi connectivity index (χ0v) is 24.8. The summed E-state index contributed by atoms with van der Waals surface area (Å²) in [5, 5.41) is 20.7. The number of aryl methyl sites for hydroxylation is 1. The van der Waals surface area contributed by atoms with Crippen molar-refractivity contribution in [2.75, 3.05) is 25.6 Å². The van der Waals surface area contributed by atoms with E-state index in [-0.39, 0.29) is 12.1 Å². The second kappa shape index (κ2) is 9.68. The fraction of sp³-hybridized carbons (Fsp3) is 0.536. The summed E-state index contributed by atoms with van der Waals surface area (Å²) in [6, 6.07) is 2.14. The Bertz CT molecular complexity index is 1750. The molecule has 13 heteroatoms. The molecule has 1 unspecified atom stereocenters. The lowest BCUT2D eigenvalue weighted by atomic mass is 9.63. The van der Waals surface area contributed by atoms with Crippen molar-refractivity contribution in [1.82, 2.24) is 29.8 Å². The van der Waals surface area contributed by atoms with Crippen LogP contribution in [-0.4, -0.2) is 66.1 Å². The third-order valence-corrected chi connectivity index (χ3v) is 11.2. The van der Waals surface area contributed by atoms with Crippen LogP contribution in [0.15, 0.2) is 15.7 Å². The summed E-state index contributed by atoms with van der Waals surface area (Å²) in [6.45, 7) is 2.40. The van der Waals surface area contributed by atoms with Gasteiger partial charge in [0.1, 0.15) is 22.3 Å². The highest BCUT2D eigenvalue weighted by Crippen LogP contribution is 2.55. The number of rotatable bonds is 4. The first-order chi connectivity index (χ1) is 19.7. The molecular formula is C28H31FN8O2S2. The number of alkyl halides is 1. The van der Waals surface area contributed by atoms with Crippen LogP contribution in [0, 0.1) is 11.3 Å². The molecule has 4 aromatic heterocycles. The van der Waals surface area contributed by atoms with Crippen LogP contribution in [0.25, 0.3) is 22.6 Å². The lowest BCUT2D eigenvalue weighted by Gasteiger charge is -2.39. The van der Waals surface area contributed by atoms with E-state index in [1.807, 2.05) is 18.9 Å². The van der Waals surface area contributed by atoms with E-state index in [2.05, 4.69) is 16.3 Å². The molecule has 1 saturated heterocycles. The molecule has 0 radical (unpaired) electrons. The summed E-state index contributed by atoms with van der Waals surface area (Å²) in [4.78, 5) is 12.8. The Kier molecular flexibility index (Phi) is 6.29. The fourth-order valence-corrected chi connectivity index (χ4v) is 9.26. The van der Waals surface area contributed by atoms with Gasteiger partial charge in [0.15, 0.2) is 22.9 Å². The van der Waals surface area contributed by atoms with Crippen molar-refractivity contribution in [1.29, 1.82) is 5.26 Å². The van der Waals surface area contributed by atoms with Gasteiger partial charge in [-0.1, -0.05) is 5.16 Å². The molecule has 5 heterocycles. The number of nitriles is 1. The van der Waals surface area contributed by atoms with Gasteiger partial charge >= 0.3 is 0 Å². The monoisotopic (exact) mass is 594 g/mol. The van der Waals surface area contributed by atoms with Gasteiger partial charge < -0.3 is 10.3 Å². The molecule has 5 atom stereocenters. The van der Waals surface area contributed by atoms with Gasteiger partial charge in [0, 0.05) is 29.3 Å². The lowest BCUT2D eigenvalue weighted by molar-refractivity contribution is 0.231. The van der Waals surface area contributed by atoms with Gasteiger partial charge in [0.05, 0.1) is 39.4 Å². The maximum absolute atomic E-state index is 14.2. The number of nitrogens with two attached hydrogens (primary N) is 1. The molecule has 0 aromatic carbocycles. The Morgan fingerprint density at radius 3 is 2.80 bits per heavy atom. The Balaban J connectivity index is 1.38. The number of nitrogen functional groups attached to an aromatic ring is 1. The number of fused-ring (bicyclic) bond motifs is 5. The molecule has 2 aliphatic carbocycles. The van der Waals surface area contributed by atoms with Crippen molar-refractivity contribution in [2.24, 2.45) is 0 Å². The van der Waals surface area contributed by atoms with Crippen molar-refractivity contribution in [3.63, 3.8) is 0 Å². The summed E-state index contributed by atoms with van der Waals surface area (Å²) in [5.74, 6) is 1.10. The Labute approximate surface area is 243 Å². The number of likely N-dealkylation sites (N-methyl/N-ethyl adjacent to an activating group) is 1. The van der Waals surface area contributed by atoms with Crippen molar-refractivity contribution in [3.05, 3.63) is 33.5 Å². The van der Waals surface area contributed by atoms with Crippen LogP contribution in [0.4, 0.5) is 9.39 Å². The first kappa shape index (κ1) is 26.7. The maximum atomic E-state index is 14.2. The number of likely N-dealkylation sites (tertiary alicyclic amines) is 1. The lowest BCUT2D eigenvalue weighted by Crippen LogP contribution is -2.35. The van der Waals surface area contributed by atoms with Crippen molar-refractivity contribution in [3.8, 4) is 17.6 Å². The normalized spacial score (nSPS) is 25.7. The second-order valence-corrected chi connectivity index (χ2v) is 14.0. The maximum Gasteiger partial charge on any atom is 0.185 e. The van der Waals surface area contributed by atoms with Crippen LogP contribution >= 0.6 is 11.3 Å². The number of anilines is 1. The molecule has 0 amide bonds. The molecule has 4 aromatic rings. The molecule has 3 aliphatic rings. The second-order valence-electron chi connectivity index (χ2n) is 11.6. The van der Waals surface area contributed by atoms with E-state index < -0.39 is 22.4 Å². The van der Waals surface area contributed by atoms with Gasteiger partial charge in [0.25, 0.3) is 0 Å². The van der Waals surface area contributed by atoms with Crippen LogP contribution in [0.2, 0.25) is 0 Å². The van der Waals surface area contributed by atoms with E-state index in [1.165, 1.54) is 11.3 Å². The number of nitrogens with zero attached hydrogens (tertiary/aromatic N) is 7. The summed E-state index contributed by atoms with van der Waals surface area (Å²) in [6.07, 6.45) is 7.98. The van der Waals surface area contributed by atoms with Gasteiger partial charge in [-0.3, -0.25) is 9.11 Å². The number of thiophene rings is 1.